The van der Waals surface area contributed by atoms with Crippen LogP contribution in [0.2, 0.25) is 0 Å². The van der Waals surface area contributed by atoms with Gasteiger partial charge >= 0.3 is 7.59 Å². The minimum absolute atomic E-state index is 0.376. The fourth-order valence-corrected chi connectivity index (χ4v) is 2.55. The summed E-state index contributed by atoms with van der Waals surface area (Å²) in [6.45, 7) is 0. The Morgan fingerprint density at radius 3 is 2.54 bits per heavy atom. The lowest BCUT2D eigenvalue weighted by Crippen LogP contribution is -2.28. The second-order valence-electron chi connectivity index (χ2n) is 2.28. The minimum Gasteiger partial charge on any atom is -0.279 e. The maximum Gasteiger partial charge on any atom is 0.300 e. The molecular weight excluding hydrogens is 277 g/mol. The summed E-state index contributed by atoms with van der Waals surface area (Å²) < 4.78 is 11.5. The summed E-state index contributed by atoms with van der Waals surface area (Å²) in [5, 5.41) is 5.35. The first-order valence-electron chi connectivity index (χ1n) is 3.11. The number of nitrogens with one attached hydrogen (secondary N) is 1. The molecule has 0 atom stereocenters. The van der Waals surface area contributed by atoms with Crippen molar-refractivity contribution in [2.75, 3.05) is 0 Å². The van der Waals surface area contributed by atoms with E-state index in [2.05, 4.69) is 15.9 Å². The third kappa shape index (κ3) is 3.21. The van der Waals surface area contributed by atoms with Crippen molar-refractivity contribution in [1.82, 2.24) is 5.09 Å². The van der Waals surface area contributed by atoms with Crippen LogP contribution in [-0.4, -0.2) is 5.91 Å². The van der Waals surface area contributed by atoms with Gasteiger partial charge in [-0.1, -0.05) is 0 Å². The van der Waals surface area contributed by atoms with Gasteiger partial charge in [0.15, 0.2) is 0 Å². The number of carbonyl (C=O) groups is 1. The number of carbonyl (C=O) groups excluding carboxylic acids is 1. The van der Waals surface area contributed by atoms with Crippen molar-refractivity contribution in [2.45, 2.75) is 0 Å². The Morgan fingerprint density at radius 2 is 2.15 bits per heavy atom. The first-order valence-corrected chi connectivity index (χ1v) is 6.70. The zero-order valence-corrected chi connectivity index (χ0v) is 9.66. The van der Waals surface area contributed by atoms with Crippen LogP contribution in [0.1, 0.15) is 10.4 Å². The third-order valence-electron chi connectivity index (χ3n) is 1.14. The molecule has 0 saturated heterocycles. The average Bonchev–Trinajstić information content (AvgIpc) is 2.30. The molecule has 13 heavy (non-hydrogen) atoms. The van der Waals surface area contributed by atoms with Gasteiger partial charge in [-0.15, -0.1) is 0 Å². The molecule has 72 valence electrons. The standard InChI is InChI=1S/C5H7BrN3O2PS/c6-4-2-13-1-3(4)5(10)9-12(7,8)11/h1-2H,(H5,7,8,9,10,11). The molecule has 5 N–H and O–H groups in total. The molecule has 0 aliphatic rings. The summed E-state index contributed by atoms with van der Waals surface area (Å²) >= 11 is 4.49. The van der Waals surface area contributed by atoms with Crippen molar-refractivity contribution in [2.24, 2.45) is 11.0 Å². The smallest absolute Gasteiger partial charge is 0.279 e. The lowest BCUT2D eigenvalue weighted by Gasteiger charge is -2.07. The fourth-order valence-electron chi connectivity index (χ4n) is 0.662. The molecule has 0 aromatic carbocycles. The lowest BCUT2D eigenvalue weighted by atomic mass is 10.3. The Kier molecular flexibility index (Phi) is 3.26. The molecule has 1 amide bonds. The first-order chi connectivity index (χ1) is 5.90. The van der Waals surface area contributed by atoms with Gasteiger partial charge in [0.2, 0.25) is 0 Å². The predicted octanol–water partition coefficient (Wildman–Crippen LogP) is 1.27. The van der Waals surface area contributed by atoms with Crippen LogP contribution in [0.3, 0.4) is 0 Å². The average molecular weight is 284 g/mol. The van der Waals surface area contributed by atoms with E-state index in [4.69, 9.17) is 11.0 Å². The molecule has 1 aromatic rings. The van der Waals surface area contributed by atoms with E-state index in [0.29, 0.717) is 10.0 Å². The number of rotatable bonds is 2. The first kappa shape index (κ1) is 10.9. The Balaban J connectivity index is 2.82. The van der Waals surface area contributed by atoms with E-state index in [0.717, 1.165) is 0 Å². The number of nitrogens with two attached hydrogens (primary N) is 2. The van der Waals surface area contributed by atoms with Crippen LogP contribution in [0.25, 0.3) is 0 Å². The summed E-state index contributed by atoms with van der Waals surface area (Å²) in [6, 6.07) is 0. The van der Waals surface area contributed by atoms with E-state index in [1.165, 1.54) is 11.3 Å². The molecule has 0 spiro atoms. The topological polar surface area (TPSA) is 98.2 Å². The number of hydrogen-bond donors (Lipinski definition) is 3. The van der Waals surface area contributed by atoms with Gasteiger partial charge in [-0.25, -0.2) is 0 Å². The van der Waals surface area contributed by atoms with Gasteiger partial charge in [0.1, 0.15) is 0 Å². The summed E-state index contributed by atoms with van der Waals surface area (Å²) in [5.74, 6) is -0.540. The summed E-state index contributed by atoms with van der Waals surface area (Å²) in [4.78, 5) is 11.3. The number of amides is 1. The maximum absolute atomic E-state index is 11.3. The number of thiophene rings is 1. The second-order valence-corrected chi connectivity index (χ2v) is 5.52. The largest absolute Gasteiger partial charge is 0.300 e. The van der Waals surface area contributed by atoms with E-state index < -0.39 is 13.5 Å². The Bertz CT molecular complexity index is 374. The third-order valence-corrected chi connectivity index (χ3v) is 3.39. The van der Waals surface area contributed by atoms with Gasteiger partial charge in [0.25, 0.3) is 5.91 Å². The van der Waals surface area contributed by atoms with Crippen LogP contribution >= 0.6 is 34.9 Å². The summed E-state index contributed by atoms with van der Waals surface area (Å²) in [5.41, 5.74) is 10.3. The van der Waals surface area contributed by atoms with E-state index in [-0.39, 0.29) is 0 Å². The second kappa shape index (κ2) is 3.89. The van der Waals surface area contributed by atoms with E-state index in [9.17, 15) is 9.36 Å². The SMILES string of the molecule is NP(N)(=O)NC(=O)c1cscc1Br. The highest BCUT2D eigenvalue weighted by atomic mass is 79.9. The zero-order valence-electron chi connectivity index (χ0n) is 6.36. The molecule has 1 aromatic heterocycles. The minimum atomic E-state index is -3.50. The van der Waals surface area contributed by atoms with Gasteiger partial charge in [-0.2, -0.15) is 11.3 Å². The van der Waals surface area contributed by atoms with E-state index in [1.807, 2.05) is 5.09 Å². The molecule has 5 nitrogen and oxygen atoms in total. The number of hydrogen-bond acceptors (Lipinski definition) is 3. The van der Waals surface area contributed by atoms with Crippen LogP contribution < -0.4 is 16.1 Å². The highest BCUT2D eigenvalue weighted by Gasteiger charge is 2.17. The van der Waals surface area contributed by atoms with Gasteiger partial charge in [-0.3, -0.25) is 25.5 Å². The monoisotopic (exact) mass is 283 g/mol. The van der Waals surface area contributed by atoms with Crippen LogP contribution in [0.5, 0.6) is 0 Å². The summed E-state index contributed by atoms with van der Waals surface area (Å²) in [7, 11) is -3.50. The van der Waals surface area contributed by atoms with Crippen LogP contribution in [0.4, 0.5) is 0 Å². The van der Waals surface area contributed by atoms with Crippen molar-refractivity contribution in [3.8, 4) is 0 Å². The highest BCUT2D eigenvalue weighted by molar-refractivity contribution is 9.10. The molecule has 1 heterocycles. The molecule has 0 unspecified atom stereocenters. The highest BCUT2D eigenvalue weighted by Crippen LogP contribution is 2.24. The van der Waals surface area contributed by atoms with Crippen molar-refractivity contribution < 1.29 is 9.36 Å². The van der Waals surface area contributed by atoms with Crippen molar-refractivity contribution in [3.05, 3.63) is 20.8 Å². The Labute approximate surface area is 87.2 Å². The molecule has 0 bridgehead atoms. The Morgan fingerprint density at radius 1 is 1.54 bits per heavy atom. The molecule has 0 radical (unpaired) electrons. The predicted molar refractivity (Wildman–Crippen MR) is 55.5 cm³/mol. The van der Waals surface area contributed by atoms with Crippen LogP contribution in [0, 0.1) is 0 Å². The quantitative estimate of drug-likeness (QED) is 0.712. The van der Waals surface area contributed by atoms with Gasteiger partial charge in [-0.05, 0) is 15.9 Å². The molecular formula is C5H7BrN3O2PS. The fraction of sp³-hybridized carbons (Fsp3) is 0. The normalized spacial score (nSPS) is 11.3. The zero-order chi connectivity index (χ0) is 10.1. The lowest BCUT2D eigenvalue weighted by molar-refractivity contribution is 0.0980. The molecule has 8 heteroatoms. The van der Waals surface area contributed by atoms with Crippen molar-refractivity contribution >= 4 is 40.8 Å². The molecule has 0 fully saturated rings. The van der Waals surface area contributed by atoms with Crippen LogP contribution in [0.15, 0.2) is 15.2 Å². The van der Waals surface area contributed by atoms with E-state index in [1.54, 1.807) is 10.8 Å². The van der Waals surface area contributed by atoms with Crippen LogP contribution in [-0.2, 0) is 4.57 Å². The van der Waals surface area contributed by atoms with Crippen molar-refractivity contribution in [3.63, 3.8) is 0 Å². The molecule has 0 aliphatic heterocycles. The number of halogens is 1. The summed E-state index contributed by atoms with van der Waals surface area (Å²) in [6.07, 6.45) is 0. The van der Waals surface area contributed by atoms with Gasteiger partial charge in [0, 0.05) is 15.2 Å². The van der Waals surface area contributed by atoms with Gasteiger partial charge < -0.3 is 0 Å². The maximum atomic E-state index is 11.3. The molecule has 0 aliphatic carbocycles. The molecule has 0 saturated carbocycles. The Hall–Kier alpha value is -0.200. The van der Waals surface area contributed by atoms with Gasteiger partial charge in [0.05, 0.1) is 5.56 Å². The molecule has 1 rings (SSSR count). The van der Waals surface area contributed by atoms with Crippen molar-refractivity contribution in [1.29, 1.82) is 0 Å². The van der Waals surface area contributed by atoms with E-state index >= 15 is 0 Å².